The number of nitrogens with two attached hydrogens (primary N) is 2. The summed E-state index contributed by atoms with van der Waals surface area (Å²) in [4.78, 5) is 32.2. The van der Waals surface area contributed by atoms with Gasteiger partial charge in [0.2, 0.25) is 5.91 Å². The van der Waals surface area contributed by atoms with Gasteiger partial charge in [-0.3, -0.25) is 19.6 Å². The Morgan fingerprint density at radius 3 is 2.23 bits per heavy atom. The summed E-state index contributed by atoms with van der Waals surface area (Å²) in [5.41, 5.74) is 11.0. The van der Waals surface area contributed by atoms with Crippen LogP contribution in [0.25, 0.3) is 0 Å². The Kier molecular flexibility index (Phi) is 4.63. The van der Waals surface area contributed by atoms with Crippen molar-refractivity contribution in [3.63, 3.8) is 0 Å². The van der Waals surface area contributed by atoms with Crippen molar-refractivity contribution in [1.29, 1.82) is 0 Å². The van der Waals surface area contributed by atoms with Gasteiger partial charge in [-0.1, -0.05) is 0 Å². The first-order valence-electron chi connectivity index (χ1n) is 3.48. The highest BCUT2D eigenvalue weighted by Gasteiger charge is 2.26. The van der Waals surface area contributed by atoms with Crippen molar-refractivity contribution in [2.75, 3.05) is 6.54 Å². The second-order valence-corrected chi connectivity index (χ2v) is 2.37. The quantitative estimate of drug-likeness (QED) is 0.215. The van der Waals surface area contributed by atoms with Gasteiger partial charge in [-0.15, -0.1) is 0 Å². The number of carbonyl (C=O) groups is 3. The summed E-state index contributed by atoms with van der Waals surface area (Å²) in [7, 11) is 0. The number of Topliss-reactive ketones (excluding diaryl/α,β-unsaturated/α-hetero) is 1. The highest BCUT2D eigenvalue weighted by Crippen LogP contribution is 2.03. The standard InChI is InChI=1S/C6H11N3O4/c7-2-4(10)3(1-5(8)11)6(12)9-13/h3,13H,1-2,7H2,(H2,8,11)(H,9,12). The summed E-state index contributed by atoms with van der Waals surface area (Å²) < 4.78 is 0. The second-order valence-electron chi connectivity index (χ2n) is 2.37. The minimum atomic E-state index is -1.30. The van der Waals surface area contributed by atoms with E-state index in [1.54, 1.807) is 0 Å². The molecule has 7 heteroatoms. The monoisotopic (exact) mass is 189 g/mol. The summed E-state index contributed by atoms with van der Waals surface area (Å²) in [5, 5.41) is 8.22. The Balaban J connectivity index is 4.45. The Bertz CT molecular complexity index is 212. The molecule has 0 spiro atoms. The lowest BCUT2D eigenvalue weighted by atomic mass is 9.99. The molecule has 0 radical (unpaired) electrons. The maximum atomic E-state index is 10.9. The summed E-state index contributed by atoms with van der Waals surface area (Å²) in [6, 6.07) is 0. The van der Waals surface area contributed by atoms with Gasteiger partial charge in [-0.05, 0) is 0 Å². The Labute approximate surface area is 74.0 Å². The average Bonchev–Trinajstić information content (AvgIpc) is 2.11. The molecule has 0 fully saturated rings. The minimum Gasteiger partial charge on any atom is -0.370 e. The number of hydroxylamine groups is 1. The number of hydrogen-bond acceptors (Lipinski definition) is 5. The summed E-state index contributed by atoms with van der Waals surface area (Å²) >= 11 is 0. The SMILES string of the molecule is NCC(=O)C(CC(N)=O)C(=O)NO. The van der Waals surface area contributed by atoms with Crippen LogP contribution >= 0.6 is 0 Å². The number of carbonyl (C=O) groups excluding carboxylic acids is 3. The molecule has 13 heavy (non-hydrogen) atoms. The molecular weight excluding hydrogens is 178 g/mol. The van der Waals surface area contributed by atoms with Crippen LogP contribution in [0, 0.1) is 5.92 Å². The molecule has 0 saturated heterocycles. The first kappa shape index (κ1) is 11.5. The molecule has 0 aliphatic heterocycles. The number of rotatable bonds is 5. The Morgan fingerprint density at radius 2 is 1.92 bits per heavy atom. The van der Waals surface area contributed by atoms with Crippen LogP contribution in [0.1, 0.15) is 6.42 Å². The molecule has 1 unspecified atom stereocenters. The zero-order valence-electron chi connectivity index (χ0n) is 6.82. The van der Waals surface area contributed by atoms with Crippen LogP contribution in [0.5, 0.6) is 0 Å². The first-order chi connectivity index (χ1) is 6.02. The molecule has 0 rings (SSSR count). The van der Waals surface area contributed by atoms with E-state index in [0.29, 0.717) is 0 Å². The molecule has 0 aliphatic rings. The number of ketones is 1. The summed E-state index contributed by atoms with van der Waals surface area (Å²) in [5.74, 6) is -3.73. The Morgan fingerprint density at radius 1 is 1.38 bits per heavy atom. The van der Waals surface area contributed by atoms with E-state index in [1.807, 2.05) is 0 Å². The molecule has 2 amide bonds. The van der Waals surface area contributed by atoms with Crippen molar-refractivity contribution in [2.45, 2.75) is 6.42 Å². The third-order valence-electron chi connectivity index (χ3n) is 1.42. The van der Waals surface area contributed by atoms with E-state index in [1.165, 1.54) is 5.48 Å². The fourth-order valence-corrected chi connectivity index (χ4v) is 0.774. The van der Waals surface area contributed by atoms with Gasteiger partial charge in [0.15, 0.2) is 5.78 Å². The van der Waals surface area contributed by atoms with Gasteiger partial charge >= 0.3 is 0 Å². The summed E-state index contributed by atoms with van der Waals surface area (Å²) in [6.07, 6.45) is -0.456. The topological polar surface area (TPSA) is 136 Å². The van der Waals surface area contributed by atoms with Crippen LogP contribution in [0.15, 0.2) is 0 Å². The molecule has 0 aromatic carbocycles. The predicted molar refractivity (Wildman–Crippen MR) is 41.3 cm³/mol. The van der Waals surface area contributed by atoms with E-state index >= 15 is 0 Å². The molecule has 0 aliphatic carbocycles. The van der Waals surface area contributed by atoms with Gasteiger partial charge in [0.05, 0.1) is 6.54 Å². The van der Waals surface area contributed by atoms with E-state index in [2.05, 4.69) is 0 Å². The highest BCUT2D eigenvalue weighted by atomic mass is 16.5. The van der Waals surface area contributed by atoms with Crippen LogP contribution in [0.4, 0.5) is 0 Å². The zero-order chi connectivity index (χ0) is 10.4. The lowest BCUT2D eigenvalue weighted by Gasteiger charge is -2.09. The van der Waals surface area contributed by atoms with E-state index in [4.69, 9.17) is 16.7 Å². The van der Waals surface area contributed by atoms with Crippen molar-refractivity contribution < 1.29 is 19.6 Å². The van der Waals surface area contributed by atoms with E-state index in [9.17, 15) is 14.4 Å². The lowest BCUT2D eigenvalue weighted by Crippen LogP contribution is -2.39. The Hall–Kier alpha value is -1.47. The van der Waals surface area contributed by atoms with E-state index in [0.717, 1.165) is 0 Å². The van der Waals surface area contributed by atoms with Crippen molar-refractivity contribution in [1.82, 2.24) is 5.48 Å². The minimum absolute atomic E-state index is 0.384. The molecular formula is C6H11N3O4. The normalized spacial score (nSPS) is 11.8. The van der Waals surface area contributed by atoms with Gasteiger partial charge in [-0.25, -0.2) is 5.48 Å². The van der Waals surface area contributed by atoms with E-state index in [-0.39, 0.29) is 6.54 Å². The third-order valence-corrected chi connectivity index (χ3v) is 1.42. The van der Waals surface area contributed by atoms with Gasteiger partial charge in [0.25, 0.3) is 5.91 Å². The fourth-order valence-electron chi connectivity index (χ4n) is 0.774. The van der Waals surface area contributed by atoms with Crippen molar-refractivity contribution in [3.8, 4) is 0 Å². The van der Waals surface area contributed by atoms with Crippen LogP contribution in [-0.2, 0) is 14.4 Å². The molecule has 7 nitrogen and oxygen atoms in total. The second kappa shape index (κ2) is 5.22. The number of nitrogens with one attached hydrogen (secondary N) is 1. The maximum Gasteiger partial charge on any atom is 0.254 e. The van der Waals surface area contributed by atoms with Crippen molar-refractivity contribution in [3.05, 3.63) is 0 Å². The smallest absolute Gasteiger partial charge is 0.254 e. The van der Waals surface area contributed by atoms with E-state index < -0.39 is 29.9 Å². The first-order valence-corrected chi connectivity index (χ1v) is 3.48. The average molecular weight is 189 g/mol. The number of hydrogen-bond donors (Lipinski definition) is 4. The van der Waals surface area contributed by atoms with Gasteiger partial charge < -0.3 is 11.5 Å². The predicted octanol–water partition coefficient (Wildman–Crippen LogP) is -2.49. The number of primary amides is 1. The van der Waals surface area contributed by atoms with Crippen LogP contribution in [0.2, 0.25) is 0 Å². The molecule has 74 valence electrons. The molecule has 0 aromatic rings. The maximum absolute atomic E-state index is 10.9. The molecule has 1 atom stereocenters. The van der Waals surface area contributed by atoms with Crippen LogP contribution in [0.3, 0.4) is 0 Å². The molecule has 6 N–H and O–H groups in total. The van der Waals surface area contributed by atoms with Crippen LogP contribution in [-0.4, -0.2) is 29.3 Å². The van der Waals surface area contributed by atoms with Crippen LogP contribution < -0.4 is 16.9 Å². The molecule has 0 heterocycles. The molecule has 0 saturated carbocycles. The zero-order valence-corrected chi connectivity index (χ0v) is 6.82. The van der Waals surface area contributed by atoms with Gasteiger partial charge in [0.1, 0.15) is 5.92 Å². The molecule has 0 bridgehead atoms. The van der Waals surface area contributed by atoms with Crippen molar-refractivity contribution >= 4 is 17.6 Å². The van der Waals surface area contributed by atoms with Gasteiger partial charge in [-0.2, -0.15) is 0 Å². The van der Waals surface area contributed by atoms with Crippen molar-refractivity contribution in [2.24, 2.45) is 17.4 Å². The summed E-state index contributed by atoms with van der Waals surface area (Å²) in [6.45, 7) is -0.384. The highest BCUT2D eigenvalue weighted by molar-refractivity contribution is 6.04. The third kappa shape index (κ3) is 3.63. The fraction of sp³-hybridized carbons (Fsp3) is 0.500. The van der Waals surface area contributed by atoms with Gasteiger partial charge in [0, 0.05) is 6.42 Å². The molecule has 0 aromatic heterocycles. The largest absolute Gasteiger partial charge is 0.370 e. The lowest BCUT2D eigenvalue weighted by molar-refractivity contribution is -0.141. The number of amides is 2.